The average molecular weight is 524 g/mol. The summed E-state index contributed by atoms with van der Waals surface area (Å²) in [5.41, 5.74) is 0. The van der Waals surface area contributed by atoms with Crippen LogP contribution in [-0.2, 0) is 14.2 Å². The summed E-state index contributed by atoms with van der Waals surface area (Å²) < 4.78 is 18.3. The Bertz CT molecular complexity index is 356. The first-order valence-electron chi connectivity index (χ1n) is 12.2. The first-order valence-corrected chi connectivity index (χ1v) is 14.1. The van der Waals surface area contributed by atoms with Crippen LogP contribution in [0.25, 0.3) is 0 Å². The minimum Gasteiger partial charge on any atom is -0.351 e. The topological polar surface area (TPSA) is 27.7 Å². The molecule has 6 unspecified atom stereocenters. The van der Waals surface area contributed by atoms with Crippen molar-refractivity contribution < 1.29 is 14.2 Å². The van der Waals surface area contributed by atoms with Crippen LogP contribution in [0.2, 0.25) is 0 Å². The van der Waals surface area contributed by atoms with Crippen molar-refractivity contribution >= 4 is 46.4 Å². The minimum atomic E-state index is -0.497. The van der Waals surface area contributed by atoms with E-state index >= 15 is 0 Å². The summed E-state index contributed by atoms with van der Waals surface area (Å²) in [6, 6.07) is 0. The van der Waals surface area contributed by atoms with Gasteiger partial charge in [0.05, 0.1) is 24.0 Å². The molecular weight excluding hydrogens is 478 g/mol. The normalized spacial score (nSPS) is 17.8. The second kappa shape index (κ2) is 21.6. The van der Waals surface area contributed by atoms with E-state index < -0.39 is 12.6 Å². The highest BCUT2D eigenvalue weighted by Crippen LogP contribution is 2.22. The Morgan fingerprint density at radius 3 is 1.32 bits per heavy atom. The molecule has 0 rings (SSSR count). The third-order valence-corrected chi connectivity index (χ3v) is 6.97. The largest absolute Gasteiger partial charge is 0.351 e. The van der Waals surface area contributed by atoms with Gasteiger partial charge in [0.2, 0.25) is 0 Å². The van der Waals surface area contributed by atoms with Crippen molar-refractivity contribution in [2.24, 2.45) is 11.8 Å². The Morgan fingerprint density at radius 1 is 0.613 bits per heavy atom. The SMILES string of the molecule is CCCCCCC(Cl)COC(OC(OCC(Cl)CCCCCC)C(C)CCl)C(C)CCl. The van der Waals surface area contributed by atoms with Gasteiger partial charge in [-0.1, -0.05) is 79.1 Å². The van der Waals surface area contributed by atoms with Crippen LogP contribution in [0, 0.1) is 11.8 Å². The Hall–Kier alpha value is 1.04. The number of alkyl halides is 4. The zero-order valence-corrected chi connectivity index (χ0v) is 23.1. The van der Waals surface area contributed by atoms with E-state index in [0.717, 1.165) is 25.7 Å². The Balaban J connectivity index is 4.64. The molecule has 0 aliphatic rings. The molecular formula is C24H46Cl4O3. The van der Waals surface area contributed by atoms with Gasteiger partial charge in [0, 0.05) is 23.6 Å². The molecule has 0 aliphatic carbocycles. The van der Waals surface area contributed by atoms with Gasteiger partial charge in [-0.3, -0.25) is 0 Å². The molecule has 0 aromatic rings. The van der Waals surface area contributed by atoms with Gasteiger partial charge in [-0.15, -0.1) is 46.4 Å². The van der Waals surface area contributed by atoms with Crippen molar-refractivity contribution in [3.8, 4) is 0 Å². The standard InChI is InChI=1S/C24H46Cl4O3/c1-5-7-9-11-13-21(27)17-29-23(19(3)15-25)31-24(20(4)16-26)30-18-22(28)14-12-10-8-6-2/h19-24H,5-18H2,1-4H3. The van der Waals surface area contributed by atoms with E-state index in [0.29, 0.717) is 25.0 Å². The molecule has 0 aromatic heterocycles. The third-order valence-electron chi connectivity index (χ3n) is 5.31. The van der Waals surface area contributed by atoms with Gasteiger partial charge in [0.15, 0.2) is 12.6 Å². The molecule has 0 saturated carbocycles. The summed E-state index contributed by atoms with van der Waals surface area (Å²) in [6.45, 7) is 9.27. The first-order chi connectivity index (χ1) is 14.9. The second-order valence-corrected chi connectivity index (χ2v) is 10.5. The minimum absolute atomic E-state index is 0.0000857. The molecule has 0 aromatic carbocycles. The van der Waals surface area contributed by atoms with Gasteiger partial charge >= 0.3 is 0 Å². The predicted octanol–water partition coefficient (Wildman–Crippen LogP) is 8.59. The van der Waals surface area contributed by atoms with Crippen LogP contribution >= 0.6 is 46.4 Å². The molecule has 0 saturated heterocycles. The Kier molecular flexibility index (Phi) is 22.3. The first kappa shape index (κ1) is 32.0. The zero-order valence-electron chi connectivity index (χ0n) is 20.1. The third kappa shape index (κ3) is 17.2. The van der Waals surface area contributed by atoms with Crippen molar-refractivity contribution in [1.82, 2.24) is 0 Å². The summed E-state index contributed by atoms with van der Waals surface area (Å²) >= 11 is 25.2. The van der Waals surface area contributed by atoms with Gasteiger partial charge in [0.25, 0.3) is 0 Å². The van der Waals surface area contributed by atoms with Crippen LogP contribution in [-0.4, -0.2) is 48.3 Å². The van der Waals surface area contributed by atoms with Gasteiger partial charge in [-0.05, 0) is 12.8 Å². The number of hydrogen-bond donors (Lipinski definition) is 0. The van der Waals surface area contributed by atoms with E-state index in [1.165, 1.54) is 38.5 Å². The van der Waals surface area contributed by atoms with Gasteiger partial charge < -0.3 is 14.2 Å². The van der Waals surface area contributed by atoms with E-state index in [9.17, 15) is 0 Å². The molecule has 0 radical (unpaired) electrons. The fraction of sp³-hybridized carbons (Fsp3) is 1.00. The lowest BCUT2D eigenvalue weighted by atomic mass is 10.1. The van der Waals surface area contributed by atoms with E-state index in [1.807, 2.05) is 13.8 Å². The number of ether oxygens (including phenoxy) is 3. The Labute approximate surface area is 212 Å². The van der Waals surface area contributed by atoms with Gasteiger partial charge in [0.1, 0.15) is 0 Å². The summed E-state index contributed by atoms with van der Waals surface area (Å²) in [4.78, 5) is 0. The molecule has 0 aliphatic heterocycles. The van der Waals surface area contributed by atoms with Gasteiger partial charge in [-0.25, -0.2) is 0 Å². The molecule has 31 heavy (non-hydrogen) atoms. The lowest BCUT2D eigenvalue weighted by Crippen LogP contribution is -2.38. The quantitative estimate of drug-likeness (QED) is 0.0807. The van der Waals surface area contributed by atoms with Crippen molar-refractivity contribution in [3.63, 3.8) is 0 Å². The summed E-state index contributed by atoms with van der Waals surface area (Å²) in [5.74, 6) is 0.845. The summed E-state index contributed by atoms with van der Waals surface area (Å²) in [6.07, 6.45) is 10.5. The fourth-order valence-corrected chi connectivity index (χ4v) is 3.85. The van der Waals surface area contributed by atoms with E-state index in [1.54, 1.807) is 0 Å². The smallest absolute Gasteiger partial charge is 0.164 e. The lowest BCUT2D eigenvalue weighted by Gasteiger charge is -2.31. The molecule has 0 spiro atoms. The van der Waals surface area contributed by atoms with Crippen LogP contribution < -0.4 is 0 Å². The van der Waals surface area contributed by atoms with E-state index in [2.05, 4.69) is 13.8 Å². The molecule has 7 heteroatoms. The highest BCUT2D eigenvalue weighted by Gasteiger charge is 2.28. The van der Waals surface area contributed by atoms with E-state index in [4.69, 9.17) is 60.6 Å². The maximum absolute atomic E-state index is 6.47. The number of rotatable bonds is 22. The van der Waals surface area contributed by atoms with Crippen molar-refractivity contribution in [2.45, 2.75) is 115 Å². The predicted molar refractivity (Wildman–Crippen MR) is 137 cm³/mol. The second-order valence-electron chi connectivity index (χ2n) is 8.70. The lowest BCUT2D eigenvalue weighted by molar-refractivity contribution is -0.270. The monoisotopic (exact) mass is 522 g/mol. The molecule has 0 fully saturated rings. The average Bonchev–Trinajstić information content (AvgIpc) is 2.78. The molecule has 0 heterocycles. The van der Waals surface area contributed by atoms with Crippen LogP contribution in [0.5, 0.6) is 0 Å². The van der Waals surface area contributed by atoms with Crippen molar-refractivity contribution in [3.05, 3.63) is 0 Å². The summed E-state index contributed by atoms with van der Waals surface area (Å²) in [7, 11) is 0. The molecule has 188 valence electrons. The molecule has 0 N–H and O–H groups in total. The number of halogens is 4. The van der Waals surface area contributed by atoms with Crippen LogP contribution in [0.15, 0.2) is 0 Å². The number of hydrogen-bond acceptors (Lipinski definition) is 3. The molecule has 3 nitrogen and oxygen atoms in total. The molecule has 0 amide bonds. The molecule has 0 bridgehead atoms. The van der Waals surface area contributed by atoms with Crippen molar-refractivity contribution in [1.29, 1.82) is 0 Å². The highest BCUT2D eigenvalue weighted by atomic mass is 35.5. The maximum Gasteiger partial charge on any atom is 0.164 e. The van der Waals surface area contributed by atoms with Gasteiger partial charge in [-0.2, -0.15) is 0 Å². The highest BCUT2D eigenvalue weighted by molar-refractivity contribution is 6.21. The Morgan fingerprint density at radius 2 is 1.00 bits per heavy atom. The van der Waals surface area contributed by atoms with Crippen molar-refractivity contribution in [2.75, 3.05) is 25.0 Å². The van der Waals surface area contributed by atoms with Crippen LogP contribution in [0.3, 0.4) is 0 Å². The molecule has 6 atom stereocenters. The maximum atomic E-state index is 6.47. The van der Waals surface area contributed by atoms with Crippen LogP contribution in [0.4, 0.5) is 0 Å². The number of unbranched alkanes of at least 4 members (excludes halogenated alkanes) is 6. The summed E-state index contributed by atoms with van der Waals surface area (Å²) in [5, 5.41) is -0.0729. The van der Waals surface area contributed by atoms with Crippen LogP contribution in [0.1, 0.15) is 91.9 Å². The van der Waals surface area contributed by atoms with E-state index in [-0.39, 0.29) is 22.6 Å². The fourth-order valence-electron chi connectivity index (χ4n) is 3.10. The zero-order chi connectivity index (χ0) is 23.5.